The van der Waals surface area contributed by atoms with Crippen LogP contribution in [0.1, 0.15) is 20.8 Å². The van der Waals surface area contributed by atoms with E-state index in [0.29, 0.717) is 6.54 Å². The zero-order valence-corrected chi connectivity index (χ0v) is 8.33. The van der Waals surface area contributed by atoms with Gasteiger partial charge in [-0.05, 0) is 20.8 Å². The highest BCUT2D eigenvalue weighted by Gasteiger charge is 2.29. The lowest BCUT2D eigenvalue weighted by molar-refractivity contribution is -0.141. The number of carbonyl (C=O) groups excluding carboxylic acids is 2. The van der Waals surface area contributed by atoms with E-state index in [4.69, 9.17) is 0 Å². The van der Waals surface area contributed by atoms with E-state index < -0.39 is 0 Å². The summed E-state index contributed by atoms with van der Waals surface area (Å²) in [5.41, 5.74) is 0. The van der Waals surface area contributed by atoms with Gasteiger partial charge in [-0.25, -0.2) is 0 Å². The number of piperazine rings is 1. The van der Waals surface area contributed by atoms with Crippen LogP contribution in [0.5, 0.6) is 0 Å². The molecule has 2 atom stereocenters. The first-order chi connectivity index (χ1) is 6.04. The highest BCUT2D eigenvalue weighted by molar-refractivity contribution is 5.89. The molecule has 13 heavy (non-hydrogen) atoms. The smallest absolute Gasteiger partial charge is 0.240 e. The molecule has 1 aliphatic heterocycles. The average molecular weight is 184 g/mol. The molecule has 1 aliphatic rings. The van der Waals surface area contributed by atoms with Gasteiger partial charge in [-0.2, -0.15) is 0 Å². The first-order valence-electron chi connectivity index (χ1n) is 4.58. The van der Waals surface area contributed by atoms with Crippen LogP contribution in [-0.2, 0) is 9.59 Å². The highest BCUT2D eigenvalue weighted by atomic mass is 16.2. The van der Waals surface area contributed by atoms with Gasteiger partial charge in [0, 0.05) is 13.1 Å². The lowest BCUT2D eigenvalue weighted by atomic mass is 10.1. The summed E-state index contributed by atoms with van der Waals surface area (Å²) in [6.45, 7) is 6.51. The fourth-order valence-corrected chi connectivity index (χ4v) is 1.45. The molecule has 4 nitrogen and oxygen atoms in total. The third-order valence-electron chi connectivity index (χ3n) is 2.51. The number of nitrogens with zero attached hydrogens (tertiary/aromatic N) is 1. The van der Waals surface area contributed by atoms with Crippen molar-refractivity contribution >= 4 is 11.7 Å². The van der Waals surface area contributed by atoms with Crippen LogP contribution in [0.15, 0.2) is 0 Å². The molecule has 0 aromatic carbocycles. The van der Waals surface area contributed by atoms with Crippen LogP contribution in [0.4, 0.5) is 0 Å². The van der Waals surface area contributed by atoms with Gasteiger partial charge in [-0.3, -0.25) is 9.59 Å². The van der Waals surface area contributed by atoms with Gasteiger partial charge in [0.1, 0.15) is 0 Å². The van der Waals surface area contributed by atoms with Crippen LogP contribution in [0.3, 0.4) is 0 Å². The highest BCUT2D eigenvalue weighted by Crippen LogP contribution is 2.06. The Hall–Kier alpha value is -0.900. The van der Waals surface area contributed by atoms with Gasteiger partial charge in [0.15, 0.2) is 5.78 Å². The summed E-state index contributed by atoms with van der Waals surface area (Å²) in [7, 11) is 0. The maximum Gasteiger partial charge on any atom is 0.240 e. The van der Waals surface area contributed by atoms with Crippen LogP contribution in [-0.4, -0.2) is 41.8 Å². The third kappa shape index (κ3) is 2.06. The number of ketones is 1. The van der Waals surface area contributed by atoms with Crippen LogP contribution >= 0.6 is 0 Å². The fraction of sp³-hybridized carbons (Fsp3) is 0.778. The van der Waals surface area contributed by atoms with Crippen molar-refractivity contribution in [1.29, 1.82) is 0 Å². The van der Waals surface area contributed by atoms with Gasteiger partial charge < -0.3 is 10.2 Å². The monoisotopic (exact) mass is 184 g/mol. The molecule has 0 radical (unpaired) electrons. The van der Waals surface area contributed by atoms with Crippen molar-refractivity contribution in [3.8, 4) is 0 Å². The molecule has 1 rings (SSSR count). The Kier molecular flexibility index (Phi) is 3.03. The van der Waals surface area contributed by atoms with E-state index in [-0.39, 0.29) is 23.8 Å². The number of hydrogen-bond donors (Lipinski definition) is 1. The zero-order chi connectivity index (χ0) is 10.0. The first-order valence-corrected chi connectivity index (χ1v) is 4.58. The Morgan fingerprint density at radius 2 is 2.31 bits per heavy atom. The number of hydrogen-bond acceptors (Lipinski definition) is 3. The number of carbonyl (C=O) groups is 2. The molecular formula is C9H16N2O2. The normalized spacial score (nSPS) is 25.9. The summed E-state index contributed by atoms with van der Waals surface area (Å²) in [5, 5.41) is 3.05. The molecule has 1 amide bonds. The molecule has 1 saturated heterocycles. The average Bonchev–Trinajstić information content (AvgIpc) is 2.08. The van der Waals surface area contributed by atoms with Crippen LogP contribution in [0, 0.1) is 0 Å². The van der Waals surface area contributed by atoms with Crippen molar-refractivity contribution < 1.29 is 9.59 Å². The van der Waals surface area contributed by atoms with Crippen molar-refractivity contribution in [3.05, 3.63) is 0 Å². The molecule has 1 N–H and O–H groups in total. The molecule has 0 aromatic rings. The summed E-state index contributed by atoms with van der Waals surface area (Å²) in [5.74, 6) is 0.0661. The van der Waals surface area contributed by atoms with Crippen LogP contribution in [0.25, 0.3) is 0 Å². The predicted molar refractivity (Wildman–Crippen MR) is 49.3 cm³/mol. The topological polar surface area (TPSA) is 49.4 Å². The molecule has 0 bridgehead atoms. The zero-order valence-electron chi connectivity index (χ0n) is 8.33. The molecule has 1 fully saturated rings. The predicted octanol–water partition coefficient (Wildman–Crippen LogP) is -0.216. The SMILES string of the molecule is CC(=O)[C@H](C)N1CCN[C@@H](C)C1=O. The number of rotatable bonds is 2. The molecule has 4 heteroatoms. The lowest BCUT2D eigenvalue weighted by Gasteiger charge is -2.34. The van der Waals surface area contributed by atoms with Gasteiger partial charge in [0.25, 0.3) is 0 Å². The van der Waals surface area contributed by atoms with E-state index in [0.717, 1.165) is 6.54 Å². The van der Waals surface area contributed by atoms with Crippen molar-refractivity contribution in [1.82, 2.24) is 10.2 Å². The molecule has 0 saturated carbocycles. The van der Waals surface area contributed by atoms with Gasteiger partial charge >= 0.3 is 0 Å². The Bertz CT molecular complexity index is 228. The minimum absolute atomic E-state index is 0.0222. The maximum atomic E-state index is 11.6. The third-order valence-corrected chi connectivity index (χ3v) is 2.51. The van der Waals surface area contributed by atoms with Crippen molar-refractivity contribution in [3.63, 3.8) is 0 Å². The molecule has 74 valence electrons. The van der Waals surface area contributed by atoms with Crippen molar-refractivity contribution in [2.75, 3.05) is 13.1 Å². The van der Waals surface area contributed by atoms with Gasteiger partial charge in [-0.1, -0.05) is 0 Å². The number of Topliss-reactive ketones (excluding diaryl/α,β-unsaturated/α-hetero) is 1. The Labute approximate surface area is 78.3 Å². The molecular weight excluding hydrogens is 168 g/mol. The summed E-state index contributed by atoms with van der Waals surface area (Å²) < 4.78 is 0. The Balaban J connectivity index is 2.68. The van der Waals surface area contributed by atoms with Gasteiger partial charge in [0.2, 0.25) is 5.91 Å². The Morgan fingerprint density at radius 1 is 1.69 bits per heavy atom. The van der Waals surface area contributed by atoms with Crippen molar-refractivity contribution in [2.45, 2.75) is 32.9 Å². The quantitative estimate of drug-likeness (QED) is 0.645. The standard InChI is InChI=1S/C9H16N2O2/c1-6-9(13)11(5-4-10-6)7(2)8(3)12/h6-7,10H,4-5H2,1-3H3/t6-,7-/m0/s1. The fourth-order valence-electron chi connectivity index (χ4n) is 1.45. The second-order valence-electron chi connectivity index (χ2n) is 3.49. The lowest BCUT2D eigenvalue weighted by Crippen LogP contribution is -2.57. The molecule has 0 spiro atoms. The number of amides is 1. The molecule has 0 aromatic heterocycles. The van der Waals surface area contributed by atoms with Gasteiger partial charge in [0.05, 0.1) is 12.1 Å². The molecule has 0 aliphatic carbocycles. The van der Waals surface area contributed by atoms with E-state index in [2.05, 4.69) is 5.32 Å². The summed E-state index contributed by atoms with van der Waals surface area (Å²) in [6, 6.07) is -0.437. The maximum absolute atomic E-state index is 11.6. The molecule has 1 heterocycles. The van der Waals surface area contributed by atoms with Crippen LogP contribution < -0.4 is 5.32 Å². The minimum atomic E-state index is -0.281. The Morgan fingerprint density at radius 3 is 2.85 bits per heavy atom. The van der Waals surface area contributed by atoms with Crippen LogP contribution in [0.2, 0.25) is 0 Å². The van der Waals surface area contributed by atoms with Gasteiger partial charge in [-0.15, -0.1) is 0 Å². The van der Waals surface area contributed by atoms with E-state index >= 15 is 0 Å². The van der Waals surface area contributed by atoms with E-state index in [9.17, 15) is 9.59 Å². The first kappa shape index (κ1) is 10.2. The second-order valence-corrected chi connectivity index (χ2v) is 3.49. The van der Waals surface area contributed by atoms with E-state index in [1.54, 1.807) is 11.8 Å². The molecule has 0 unspecified atom stereocenters. The summed E-state index contributed by atoms with van der Waals surface area (Å²) in [4.78, 5) is 24.3. The summed E-state index contributed by atoms with van der Waals surface area (Å²) in [6.07, 6.45) is 0. The van der Waals surface area contributed by atoms with Crippen molar-refractivity contribution in [2.24, 2.45) is 0 Å². The number of nitrogens with one attached hydrogen (secondary N) is 1. The summed E-state index contributed by atoms with van der Waals surface area (Å²) >= 11 is 0. The minimum Gasteiger partial charge on any atom is -0.330 e. The second kappa shape index (κ2) is 3.87. The van der Waals surface area contributed by atoms with E-state index in [1.165, 1.54) is 6.92 Å². The van der Waals surface area contributed by atoms with E-state index in [1.807, 2.05) is 6.92 Å². The largest absolute Gasteiger partial charge is 0.330 e.